The van der Waals surface area contributed by atoms with Crippen molar-refractivity contribution in [3.63, 3.8) is 0 Å². The van der Waals surface area contributed by atoms with E-state index < -0.39 is 0 Å². The van der Waals surface area contributed by atoms with Crippen LogP contribution in [0.2, 0.25) is 0 Å². The molecule has 1 aliphatic rings. The van der Waals surface area contributed by atoms with Gasteiger partial charge in [-0.2, -0.15) is 0 Å². The summed E-state index contributed by atoms with van der Waals surface area (Å²) < 4.78 is 0. The molecule has 0 radical (unpaired) electrons. The zero-order chi connectivity index (χ0) is 7.40. The smallest absolute Gasteiger partial charge is 0.0244 e. The topological polar surface area (TPSA) is 0 Å². The third-order valence-corrected chi connectivity index (χ3v) is 2.97. The van der Waals surface area contributed by atoms with E-state index in [4.69, 9.17) is 0 Å². The van der Waals surface area contributed by atoms with E-state index in [1.165, 1.54) is 32.1 Å². The Kier molecular flexibility index (Phi) is 3.47. The summed E-state index contributed by atoms with van der Waals surface area (Å²) >= 11 is 3.53. The first-order valence-corrected chi connectivity index (χ1v) is 5.26. The zero-order valence-electron chi connectivity index (χ0n) is 6.62. The van der Waals surface area contributed by atoms with Crippen LogP contribution in [0.5, 0.6) is 0 Å². The molecule has 0 N–H and O–H groups in total. The predicted molar refractivity (Wildman–Crippen MR) is 49.6 cm³/mol. The van der Waals surface area contributed by atoms with Crippen LogP contribution >= 0.6 is 15.9 Å². The van der Waals surface area contributed by atoms with Crippen LogP contribution in [0.25, 0.3) is 0 Å². The van der Waals surface area contributed by atoms with Crippen molar-refractivity contribution in [2.75, 3.05) is 5.33 Å². The van der Waals surface area contributed by atoms with Gasteiger partial charge in [0.1, 0.15) is 0 Å². The summed E-state index contributed by atoms with van der Waals surface area (Å²) in [5, 5.41) is 1.11. The molecule has 0 aliphatic heterocycles. The molecule has 58 valence electrons. The molecular formula is C9H15Br. The van der Waals surface area contributed by atoms with Crippen molar-refractivity contribution >= 4 is 15.9 Å². The molecule has 0 atom stereocenters. The van der Waals surface area contributed by atoms with E-state index >= 15 is 0 Å². The van der Waals surface area contributed by atoms with Crippen molar-refractivity contribution in [3.05, 3.63) is 11.1 Å². The van der Waals surface area contributed by atoms with E-state index in [2.05, 4.69) is 22.9 Å². The molecule has 0 unspecified atom stereocenters. The van der Waals surface area contributed by atoms with Crippen molar-refractivity contribution in [2.45, 2.75) is 39.0 Å². The maximum Gasteiger partial charge on any atom is 0.0244 e. The van der Waals surface area contributed by atoms with E-state index in [0.717, 1.165) is 5.33 Å². The molecular weight excluding hydrogens is 188 g/mol. The van der Waals surface area contributed by atoms with Gasteiger partial charge in [0, 0.05) is 5.33 Å². The fourth-order valence-corrected chi connectivity index (χ4v) is 2.30. The molecule has 0 saturated heterocycles. The van der Waals surface area contributed by atoms with Gasteiger partial charge in [-0.3, -0.25) is 0 Å². The molecule has 1 rings (SSSR count). The van der Waals surface area contributed by atoms with Crippen molar-refractivity contribution in [1.82, 2.24) is 0 Å². The first-order chi connectivity index (χ1) is 4.88. The monoisotopic (exact) mass is 202 g/mol. The minimum Gasteiger partial charge on any atom is -0.0880 e. The first kappa shape index (κ1) is 8.32. The molecule has 0 fully saturated rings. The van der Waals surface area contributed by atoms with Gasteiger partial charge in [0.15, 0.2) is 0 Å². The molecule has 0 aromatic carbocycles. The normalized spacial score (nSPS) is 19.8. The van der Waals surface area contributed by atoms with E-state index in [1.54, 1.807) is 11.1 Å². The molecule has 1 aliphatic carbocycles. The first-order valence-electron chi connectivity index (χ1n) is 4.14. The Balaban J connectivity index is 2.63. The third kappa shape index (κ3) is 1.85. The summed E-state index contributed by atoms with van der Waals surface area (Å²) in [6.07, 6.45) is 6.79. The number of hydrogen-bond donors (Lipinski definition) is 0. The Hall–Kier alpha value is 0.220. The van der Waals surface area contributed by atoms with Crippen LogP contribution in [-0.4, -0.2) is 5.33 Å². The molecule has 1 heteroatoms. The molecule has 0 nitrogen and oxygen atoms in total. The molecule has 0 amide bonds. The fraction of sp³-hybridized carbons (Fsp3) is 0.778. The number of alkyl halides is 1. The van der Waals surface area contributed by atoms with Gasteiger partial charge in [0.2, 0.25) is 0 Å². The van der Waals surface area contributed by atoms with Crippen LogP contribution in [0, 0.1) is 0 Å². The Bertz CT molecular complexity index is 120. The second kappa shape index (κ2) is 4.17. The van der Waals surface area contributed by atoms with Gasteiger partial charge in [-0.15, -0.1) is 0 Å². The number of rotatable bonds is 2. The molecule has 0 aromatic rings. The number of hydrogen-bond acceptors (Lipinski definition) is 0. The summed E-state index contributed by atoms with van der Waals surface area (Å²) in [6, 6.07) is 0. The highest BCUT2D eigenvalue weighted by molar-refractivity contribution is 9.09. The van der Waals surface area contributed by atoms with Crippen molar-refractivity contribution in [2.24, 2.45) is 0 Å². The van der Waals surface area contributed by atoms with Gasteiger partial charge in [-0.25, -0.2) is 0 Å². The Morgan fingerprint density at radius 3 is 2.20 bits per heavy atom. The van der Waals surface area contributed by atoms with Gasteiger partial charge >= 0.3 is 0 Å². The maximum atomic E-state index is 3.53. The summed E-state index contributed by atoms with van der Waals surface area (Å²) in [7, 11) is 0. The molecule has 0 spiro atoms. The Labute approximate surface area is 71.8 Å². The van der Waals surface area contributed by atoms with Crippen LogP contribution in [0.3, 0.4) is 0 Å². The maximum absolute atomic E-state index is 3.53. The predicted octanol–water partition coefficient (Wildman–Crippen LogP) is 3.66. The summed E-state index contributed by atoms with van der Waals surface area (Å²) in [4.78, 5) is 0. The quantitative estimate of drug-likeness (QED) is 0.474. The van der Waals surface area contributed by atoms with Crippen molar-refractivity contribution in [3.8, 4) is 0 Å². The van der Waals surface area contributed by atoms with Gasteiger partial charge in [-0.1, -0.05) is 34.0 Å². The Morgan fingerprint density at radius 1 is 1.20 bits per heavy atom. The van der Waals surface area contributed by atoms with Crippen LogP contribution < -0.4 is 0 Å². The lowest BCUT2D eigenvalue weighted by atomic mass is 9.91. The highest BCUT2D eigenvalue weighted by Crippen LogP contribution is 2.27. The third-order valence-electron chi connectivity index (χ3n) is 2.30. The van der Waals surface area contributed by atoms with Gasteiger partial charge in [-0.05, 0) is 32.1 Å². The highest BCUT2D eigenvalue weighted by Gasteiger charge is 2.08. The largest absolute Gasteiger partial charge is 0.0880 e. The van der Waals surface area contributed by atoms with Crippen molar-refractivity contribution in [1.29, 1.82) is 0 Å². The lowest BCUT2D eigenvalue weighted by Crippen LogP contribution is -1.99. The molecule has 0 heterocycles. The average Bonchev–Trinajstić information content (AvgIpc) is 2.04. The SMILES string of the molecule is CCC1=C(CBr)CCCC1. The van der Waals surface area contributed by atoms with Gasteiger partial charge < -0.3 is 0 Å². The van der Waals surface area contributed by atoms with Crippen LogP contribution in [0.1, 0.15) is 39.0 Å². The zero-order valence-corrected chi connectivity index (χ0v) is 8.21. The summed E-state index contributed by atoms with van der Waals surface area (Å²) in [6.45, 7) is 2.27. The molecule has 10 heavy (non-hydrogen) atoms. The lowest BCUT2D eigenvalue weighted by molar-refractivity contribution is 0.658. The van der Waals surface area contributed by atoms with Crippen LogP contribution in [0.15, 0.2) is 11.1 Å². The number of halogens is 1. The summed E-state index contributed by atoms with van der Waals surface area (Å²) in [5.74, 6) is 0. The second-order valence-electron chi connectivity index (χ2n) is 2.90. The fourth-order valence-electron chi connectivity index (χ4n) is 1.62. The molecule has 0 bridgehead atoms. The minimum absolute atomic E-state index is 1.11. The average molecular weight is 203 g/mol. The lowest BCUT2D eigenvalue weighted by Gasteiger charge is -2.17. The van der Waals surface area contributed by atoms with Crippen molar-refractivity contribution < 1.29 is 0 Å². The van der Waals surface area contributed by atoms with Gasteiger partial charge in [0.05, 0.1) is 0 Å². The number of allylic oxidation sites excluding steroid dienone is 2. The minimum atomic E-state index is 1.11. The standard InChI is InChI=1S/C9H15Br/c1-2-8-5-3-4-6-9(8)7-10/h2-7H2,1H3. The molecule has 0 saturated carbocycles. The summed E-state index contributed by atoms with van der Waals surface area (Å²) in [5.41, 5.74) is 3.39. The highest BCUT2D eigenvalue weighted by atomic mass is 79.9. The van der Waals surface area contributed by atoms with E-state index in [9.17, 15) is 0 Å². The van der Waals surface area contributed by atoms with E-state index in [1.807, 2.05) is 0 Å². The van der Waals surface area contributed by atoms with E-state index in [-0.39, 0.29) is 0 Å². The van der Waals surface area contributed by atoms with Crippen LogP contribution in [-0.2, 0) is 0 Å². The Morgan fingerprint density at radius 2 is 1.80 bits per heavy atom. The molecule has 0 aromatic heterocycles. The second-order valence-corrected chi connectivity index (χ2v) is 3.46. The van der Waals surface area contributed by atoms with Crippen LogP contribution in [0.4, 0.5) is 0 Å². The van der Waals surface area contributed by atoms with Gasteiger partial charge in [0.25, 0.3) is 0 Å². The van der Waals surface area contributed by atoms with E-state index in [0.29, 0.717) is 0 Å².